The van der Waals surface area contributed by atoms with E-state index in [2.05, 4.69) is 5.32 Å². The van der Waals surface area contributed by atoms with Crippen LogP contribution in [0.25, 0.3) is 0 Å². The van der Waals surface area contributed by atoms with Crippen molar-refractivity contribution in [2.45, 2.75) is 31.4 Å². The van der Waals surface area contributed by atoms with E-state index in [0.29, 0.717) is 18.1 Å². The van der Waals surface area contributed by atoms with Crippen LogP contribution >= 0.6 is 11.6 Å². The Hall–Kier alpha value is -1.66. The molecule has 2 unspecified atom stereocenters. The van der Waals surface area contributed by atoms with E-state index < -0.39 is 4.92 Å². The van der Waals surface area contributed by atoms with Gasteiger partial charge in [0.25, 0.3) is 11.6 Å². The first-order valence-electron chi connectivity index (χ1n) is 6.92. The molecular formula is C14H15ClN2O4. The maximum absolute atomic E-state index is 12.2. The van der Waals surface area contributed by atoms with Gasteiger partial charge in [-0.25, -0.2) is 0 Å². The Morgan fingerprint density at radius 1 is 1.38 bits per heavy atom. The molecule has 21 heavy (non-hydrogen) atoms. The van der Waals surface area contributed by atoms with Crippen LogP contribution < -0.4 is 5.32 Å². The number of carbonyl (C=O) groups is 1. The largest absolute Gasteiger partial charge is 0.376 e. The molecule has 2 aliphatic rings. The molecule has 0 spiro atoms. The van der Waals surface area contributed by atoms with Gasteiger partial charge in [0.15, 0.2) is 0 Å². The van der Waals surface area contributed by atoms with Gasteiger partial charge in [0.05, 0.1) is 17.1 Å². The Morgan fingerprint density at radius 2 is 2.14 bits per heavy atom. The van der Waals surface area contributed by atoms with Gasteiger partial charge < -0.3 is 10.1 Å². The topological polar surface area (TPSA) is 81.5 Å². The molecule has 1 aromatic carbocycles. The van der Waals surface area contributed by atoms with E-state index in [-0.39, 0.29) is 28.8 Å². The fraction of sp³-hybridized carbons (Fsp3) is 0.500. The normalized spacial score (nSPS) is 24.8. The Kier molecular flexibility index (Phi) is 3.82. The van der Waals surface area contributed by atoms with Gasteiger partial charge >= 0.3 is 0 Å². The van der Waals surface area contributed by atoms with Crippen LogP contribution in [0.4, 0.5) is 5.69 Å². The maximum Gasteiger partial charge on any atom is 0.287 e. The summed E-state index contributed by atoms with van der Waals surface area (Å²) in [7, 11) is 0. The van der Waals surface area contributed by atoms with Crippen LogP contribution in [0, 0.1) is 16.0 Å². The van der Waals surface area contributed by atoms with Gasteiger partial charge in [-0.05, 0) is 37.3 Å². The lowest BCUT2D eigenvalue weighted by molar-refractivity contribution is -0.384. The number of nitrogens with one attached hydrogen (secondary N) is 1. The molecule has 2 atom stereocenters. The highest BCUT2D eigenvalue weighted by molar-refractivity contribution is 6.33. The van der Waals surface area contributed by atoms with E-state index in [4.69, 9.17) is 16.3 Å². The van der Waals surface area contributed by atoms with E-state index >= 15 is 0 Å². The van der Waals surface area contributed by atoms with Crippen LogP contribution in [0.15, 0.2) is 18.2 Å². The molecule has 3 rings (SSSR count). The summed E-state index contributed by atoms with van der Waals surface area (Å²) < 4.78 is 5.67. The average molecular weight is 311 g/mol. The zero-order valence-corrected chi connectivity index (χ0v) is 12.0. The van der Waals surface area contributed by atoms with E-state index in [1.54, 1.807) is 0 Å². The van der Waals surface area contributed by atoms with Gasteiger partial charge in [0, 0.05) is 18.2 Å². The Morgan fingerprint density at radius 3 is 2.76 bits per heavy atom. The lowest BCUT2D eigenvalue weighted by atomic mass is 10.1. The van der Waals surface area contributed by atoms with Crippen LogP contribution in [0.5, 0.6) is 0 Å². The summed E-state index contributed by atoms with van der Waals surface area (Å²) in [5.74, 6) is 0.284. The van der Waals surface area contributed by atoms with Crippen molar-refractivity contribution in [3.8, 4) is 0 Å². The van der Waals surface area contributed by atoms with Crippen LogP contribution in [-0.2, 0) is 4.74 Å². The number of ether oxygens (including phenoxy) is 1. The summed E-state index contributed by atoms with van der Waals surface area (Å²) in [6, 6.07) is 4.01. The second-order valence-corrected chi connectivity index (χ2v) is 5.87. The fourth-order valence-electron chi connectivity index (χ4n) is 2.70. The molecule has 1 saturated heterocycles. The third-order valence-corrected chi connectivity index (χ3v) is 4.25. The number of rotatable bonds is 4. The van der Waals surface area contributed by atoms with E-state index in [9.17, 15) is 14.9 Å². The standard InChI is InChI=1S/C14H15ClN2O4/c15-10-7-9(3-4-12(10)17(19)20)14(18)16-11-5-6-21-13(11)8-1-2-8/h3-4,7-8,11,13H,1-2,5-6H2,(H,16,18). The van der Waals surface area contributed by atoms with Crippen molar-refractivity contribution in [3.05, 3.63) is 38.9 Å². The third kappa shape index (κ3) is 3.01. The number of halogens is 1. The fourth-order valence-corrected chi connectivity index (χ4v) is 2.95. The Balaban J connectivity index is 1.70. The second-order valence-electron chi connectivity index (χ2n) is 5.46. The highest BCUT2D eigenvalue weighted by Crippen LogP contribution is 2.38. The summed E-state index contributed by atoms with van der Waals surface area (Å²) in [5.41, 5.74) is 0.125. The number of hydrogen-bond acceptors (Lipinski definition) is 4. The summed E-state index contributed by atoms with van der Waals surface area (Å²) in [4.78, 5) is 22.4. The summed E-state index contributed by atoms with van der Waals surface area (Å²) >= 11 is 5.83. The highest BCUT2D eigenvalue weighted by atomic mass is 35.5. The number of nitrogens with zero attached hydrogens (tertiary/aromatic N) is 1. The van der Waals surface area contributed by atoms with Crippen LogP contribution in [0.3, 0.4) is 0 Å². The van der Waals surface area contributed by atoms with Gasteiger partial charge in [0.1, 0.15) is 5.02 Å². The van der Waals surface area contributed by atoms with Crippen molar-refractivity contribution < 1.29 is 14.5 Å². The molecule has 1 heterocycles. The molecule has 0 aromatic heterocycles. The zero-order valence-electron chi connectivity index (χ0n) is 11.3. The van der Waals surface area contributed by atoms with E-state index in [1.165, 1.54) is 18.2 Å². The number of benzene rings is 1. The van der Waals surface area contributed by atoms with Crippen molar-refractivity contribution in [2.24, 2.45) is 5.92 Å². The second kappa shape index (κ2) is 5.61. The molecule has 2 fully saturated rings. The number of amides is 1. The van der Waals surface area contributed by atoms with E-state index in [1.807, 2.05) is 0 Å². The third-order valence-electron chi connectivity index (χ3n) is 3.95. The number of hydrogen-bond donors (Lipinski definition) is 1. The quantitative estimate of drug-likeness (QED) is 0.684. The molecule has 1 aliphatic carbocycles. The molecule has 1 N–H and O–H groups in total. The minimum atomic E-state index is -0.571. The first-order valence-corrected chi connectivity index (χ1v) is 7.30. The molecule has 1 aliphatic heterocycles. The zero-order chi connectivity index (χ0) is 15.0. The molecular weight excluding hydrogens is 296 g/mol. The van der Waals surface area contributed by atoms with Crippen molar-refractivity contribution in [2.75, 3.05) is 6.61 Å². The van der Waals surface area contributed by atoms with Gasteiger partial charge in [-0.3, -0.25) is 14.9 Å². The molecule has 112 valence electrons. The molecule has 6 nitrogen and oxygen atoms in total. The summed E-state index contributed by atoms with van der Waals surface area (Å²) in [6.07, 6.45) is 3.21. The first-order chi connectivity index (χ1) is 10.1. The minimum Gasteiger partial charge on any atom is -0.376 e. The molecule has 1 saturated carbocycles. The number of carbonyl (C=O) groups excluding carboxylic acids is 1. The Bertz CT molecular complexity index is 588. The number of nitro benzene ring substituents is 1. The van der Waals surface area contributed by atoms with Gasteiger partial charge in [-0.2, -0.15) is 0 Å². The lowest BCUT2D eigenvalue weighted by Gasteiger charge is -2.19. The predicted octanol–water partition coefficient (Wildman–Crippen LogP) is 2.55. The monoisotopic (exact) mass is 310 g/mol. The average Bonchev–Trinajstić information content (AvgIpc) is 3.18. The molecule has 7 heteroatoms. The number of nitro groups is 1. The maximum atomic E-state index is 12.2. The smallest absolute Gasteiger partial charge is 0.287 e. The van der Waals surface area contributed by atoms with Crippen molar-refractivity contribution in [1.29, 1.82) is 0 Å². The van der Waals surface area contributed by atoms with E-state index in [0.717, 1.165) is 19.3 Å². The van der Waals surface area contributed by atoms with Crippen molar-refractivity contribution >= 4 is 23.2 Å². The first kappa shape index (κ1) is 14.3. The van der Waals surface area contributed by atoms with Gasteiger partial charge in [0.2, 0.25) is 0 Å². The molecule has 1 aromatic rings. The molecule has 0 radical (unpaired) electrons. The van der Waals surface area contributed by atoms with Crippen molar-refractivity contribution in [3.63, 3.8) is 0 Å². The molecule has 1 amide bonds. The van der Waals surface area contributed by atoms with Gasteiger partial charge in [-0.15, -0.1) is 0 Å². The van der Waals surface area contributed by atoms with Crippen LogP contribution in [0.1, 0.15) is 29.6 Å². The Labute approximate surface area is 126 Å². The predicted molar refractivity (Wildman–Crippen MR) is 76.4 cm³/mol. The van der Waals surface area contributed by atoms with Gasteiger partial charge in [-0.1, -0.05) is 11.6 Å². The van der Waals surface area contributed by atoms with Crippen LogP contribution in [-0.4, -0.2) is 29.6 Å². The lowest BCUT2D eigenvalue weighted by Crippen LogP contribution is -2.41. The van der Waals surface area contributed by atoms with Crippen molar-refractivity contribution in [1.82, 2.24) is 5.32 Å². The summed E-state index contributed by atoms with van der Waals surface area (Å²) in [5, 5.41) is 13.6. The highest BCUT2D eigenvalue weighted by Gasteiger charge is 2.41. The minimum absolute atomic E-state index is 0.0129. The summed E-state index contributed by atoms with van der Waals surface area (Å²) in [6.45, 7) is 0.660. The van der Waals surface area contributed by atoms with Crippen LogP contribution in [0.2, 0.25) is 5.02 Å². The molecule has 0 bridgehead atoms. The SMILES string of the molecule is O=C(NC1CCOC1C1CC1)c1ccc([N+](=O)[O-])c(Cl)c1.